The van der Waals surface area contributed by atoms with E-state index in [0.29, 0.717) is 13.0 Å². The second-order valence-corrected chi connectivity index (χ2v) is 9.64. The van der Waals surface area contributed by atoms with Crippen molar-refractivity contribution in [3.8, 4) is 5.75 Å². The topological polar surface area (TPSA) is 129 Å². The molecule has 2 aliphatic rings. The number of amides is 1. The number of fused-ring (bicyclic) bond motifs is 2. The van der Waals surface area contributed by atoms with E-state index in [1.54, 1.807) is 0 Å². The molecular formula is C29H33N3O6. The highest BCUT2D eigenvalue weighted by molar-refractivity contribution is 6.27. The van der Waals surface area contributed by atoms with Gasteiger partial charge in [-0.2, -0.15) is 0 Å². The lowest BCUT2D eigenvalue weighted by molar-refractivity contribution is -0.159. The number of aromatic nitrogens is 1. The standard InChI is InChI=1S/C27H31N3O2.C2H2O4/c31-26-12-10-22-6-3-8-25(27(22)29-26)32-18-4-15-30-16-13-20(14-17-30)19-23-11-9-21-5-1-2-7-24(21)28-23;3-1(4)2(5)6/h1-3,5-9,11,20H,4,10,12-19H2,(H,29,31);(H,3,4)(H,5,6). The van der Waals surface area contributed by atoms with E-state index in [0.717, 1.165) is 61.8 Å². The Labute approximate surface area is 221 Å². The van der Waals surface area contributed by atoms with E-state index in [2.05, 4.69) is 52.7 Å². The number of carbonyl (C=O) groups is 3. The number of ether oxygens (including phenoxy) is 1. The van der Waals surface area contributed by atoms with Crippen molar-refractivity contribution in [2.75, 3.05) is 31.6 Å². The van der Waals surface area contributed by atoms with Crippen LogP contribution in [0, 0.1) is 5.92 Å². The summed E-state index contributed by atoms with van der Waals surface area (Å²) in [5, 5.41) is 19.0. The van der Waals surface area contributed by atoms with Crippen LogP contribution in [0.1, 0.15) is 36.9 Å². The number of para-hydroxylation sites is 2. The lowest BCUT2D eigenvalue weighted by Gasteiger charge is -2.31. The van der Waals surface area contributed by atoms with E-state index in [-0.39, 0.29) is 5.91 Å². The van der Waals surface area contributed by atoms with Gasteiger partial charge in [-0.05, 0) is 74.9 Å². The molecule has 38 heavy (non-hydrogen) atoms. The molecule has 0 unspecified atom stereocenters. The number of anilines is 1. The number of aliphatic carboxylic acids is 2. The summed E-state index contributed by atoms with van der Waals surface area (Å²) in [5.74, 6) is -2.05. The van der Waals surface area contributed by atoms with Crippen LogP contribution in [0.15, 0.2) is 54.6 Å². The fourth-order valence-corrected chi connectivity index (χ4v) is 4.90. The molecule has 1 saturated heterocycles. The van der Waals surface area contributed by atoms with Gasteiger partial charge in [-0.15, -0.1) is 0 Å². The second-order valence-electron chi connectivity index (χ2n) is 9.64. The number of carbonyl (C=O) groups excluding carboxylic acids is 1. The van der Waals surface area contributed by atoms with Crippen molar-refractivity contribution < 1.29 is 29.3 Å². The Kier molecular flexibility index (Phi) is 9.26. The summed E-state index contributed by atoms with van der Waals surface area (Å²) in [7, 11) is 0. The molecule has 0 saturated carbocycles. The van der Waals surface area contributed by atoms with Crippen molar-refractivity contribution >= 4 is 34.4 Å². The summed E-state index contributed by atoms with van der Waals surface area (Å²) in [6, 6.07) is 18.8. The quantitative estimate of drug-likeness (QED) is 0.316. The van der Waals surface area contributed by atoms with Crippen molar-refractivity contribution in [3.05, 3.63) is 65.9 Å². The van der Waals surface area contributed by atoms with Crippen LogP contribution in [0.25, 0.3) is 10.9 Å². The van der Waals surface area contributed by atoms with Crippen LogP contribution in [0.4, 0.5) is 5.69 Å². The number of hydrogen-bond acceptors (Lipinski definition) is 6. The van der Waals surface area contributed by atoms with Gasteiger partial charge in [-0.3, -0.25) is 9.78 Å². The van der Waals surface area contributed by atoms with Crippen molar-refractivity contribution in [3.63, 3.8) is 0 Å². The number of carboxylic acid groups (broad SMARTS) is 2. The summed E-state index contributed by atoms with van der Waals surface area (Å²) in [5.41, 5.74) is 4.35. The molecule has 9 heteroatoms. The summed E-state index contributed by atoms with van der Waals surface area (Å²) >= 11 is 0. The van der Waals surface area contributed by atoms with Crippen LogP contribution >= 0.6 is 0 Å². The number of likely N-dealkylation sites (tertiary alicyclic amines) is 1. The van der Waals surface area contributed by atoms with E-state index in [9.17, 15) is 4.79 Å². The highest BCUT2D eigenvalue weighted by Gasteiger charge is 2.21. The lowest BCUT2D eigenvalue weighted by atomic mass is 9.91. The number of nitrogens with one attached hydrogen (secondary N) is 1. The molecule has 1 fully saturated rings. The average molecular weight is 520 g/mol. The van der Waals surface area contributed by atoms with Gasteiger partial charge in [0.15, 0.2) is 0 Å². The molecule has 0 aliphatic carbocycles. The molecule has 0 bridgehead atoms. The Bertz CT molecular complexity index is 1270. The third kappa shape index (κ3) is 7.52. The molecule has 1 aromatic heterocycles. The minimum Gasteiger partial charge on any atom is -0.491 e. The number of piperidine rings is 1. The Morgan fingerprint density at radius 3 is 2.50 bits per heavy atom. The number of benzene rings is 2. The predicted octanol–water partition coefficient (Wildman–Crippen LogP) is 4.00. The number of aryl methyl sites for hydroxylation is 1. The third-order valence-corrected chi connectivity index (χ3v) is 6.92. The highest BCUT2D eigenvalue weighted by Crippen LogP contribution is 2.32. The number of pyridine rings is 1. The first-order valence-corrected chi connectivity index (χ1v) is 13.0. The maximum atomic E-state index is 11.7. The molecule has 2 aliphatic heterocycles. The zero-order valence-electron chi connectivity index (χ0n) is 21.3. The van der Waals surface area contributed by atoms with Gasteiger partial charge in [-0.1, -0.05) is 36.4 Å². The normalized spacial score (nSPS) is 15.6. The van der Waals surface area contributed by atoms with E-state index < -0.39 is 11.9 Å². The fourth-order valence-electron chi connectivity index (χ4n) is 4.90. The summed E-state index contributed by atoms with van der Waals surface area (Å²) < 4.78 is 6.03. The summed E-state index contributed by atoms with van der Waals surface area (Å²) in [6.45, 7) is 4.03. The zero-order chi connectivity index (χ0) is 26.9. The zero-order valence-corrected chi connectivity index (χ0v) is 21.3. The van der Waals surface area contributed by atoms with Crippen LogP contribution in [0.3, 0.4) is 0 Å². The molecule has 200 valence electrons. The van der Waals surface area contributed by atoms with Gasteiger partial charge in [0.05, 0.1) is 17.8 Å². The predicted molar refractivity (Wildman–Crippen MR) is 143 cm³/mol. The molecule has 3 N–H and O–H groups in total. The van der Waals surface area contributed by atoms with Crippen LogP contribution in [0.5, 0.6) is 5.75 Å². The SMILES string of the molecule is O=C(O)C(=O)O.O=C1CCc2cccc(OCCCN3CCC(Cc4ccc5ccccc5n4)CC3)c2N1. The minimum absolute atomic E-state index is 0.0790. The minimum atomic E-state index is -1.82. The molecule has 0 atom stereocenters. The van der Waals surface area contributed by atoms with Crippen LogP contribution in [-0.4, -0.2) is 64.2 Å². The Morgan fingerprint density at radius 2 is 1.74 bits per heavy atom. The van der Waals surface area contributed by atoms with Crippen LogP contribution in [-0.2, 0) is 27.2 Å². The molecule has 3 heterocycles. The monoisotopic (exact) mass is 519 g/mol. The van der Waals surface area contributed by atoms with E-state index in [1.807, 2.05) is 12.1 Å². The molecule has 2 aromatic carbocycles. The van der Waals surface area contributed by atoms with Crippen LogP contribution < -0.4 is 10.1 Å². The van der Waals surface area contributed by atoms with Crippen LogP contribution in [0.2, 0.25) is 0 Å². The average Bonchev–Trinajstić information content (AvgIpc) is 2.92. The third-order valence-electron chi connectivity index (χ3n) is 6.92. The first kappa shape index (κ1) is 27.1. The molecule has 0 spiro atoms. The highest BCUT2D eigenvalue weighted by atomic mass is 16.5. The van der Waals surface area contributed by atoms with Gasteiger partial charge < -0.3 is 25.2 Å². The Hall–Kier alpha value is -3.98. The van der Waals surface area contributed by atoms with Crippen molar-refractivity contribution in [1.82, 2.24) is 9.88 Å². The van der Waals surface area contributed by atoms with Crippen molar-refractivity contribution in [2.24, 2.45) is 5.92 Å². The van der Waals surface area contributed by atoms with E-state index in [1.165, 1.54) is 29.5 Å². The largest absolute Gasteiger partial charge is 0.491 e. The van der Waals surface area contributed by atoms with Gasteiger partial charge in [0.25, 0.3) is 0 Å². The summed E-state index contributed by atoms with van der Waals surface area (Å²) in [6.07, 6.45) is 5.88. The molecule has 9 nitrogen and oxygen atoms in total. The van der Waals surface area contributed by atoms with Gasteiger partial charge in [0, 0.05) is 24.0 Å². The maximum absolute atomic E-state index is 11.7. The molecule has 0 radical (unpaired) electrons. The first-order valence-electron chi connectivity index (χ1n) is 13.0. The smallest absolute Gasteiger partial charge is 0.414 e. The Morgan fingerprint density at radius 1 is 0.974 bits per heavy atom. The molecule has 3 aromatic rings. The first-order chi connectivity index (χ1) is 18.4. The van der Waals surface area contributed by atoms with E-state index >= 15 is 0 Å². The van der Waals surface area contributed by atoms with Crippen molar-refractivity contribution in [1.29, 1.82) is 0 Å². The lowest BCUT2D eigenvalue weighted by Crippen LogP contribution is -2.35. The van der Waals surface area contributed by atoms with Gasteiger partial charge >= 0.3 is 11.9 Å². The summed E-state index contributed by atoms with van der Waals surface area (Å²) in [4.78, 5) is 37.3. The number of hydrogen-bond donors (Lipinski definition) is 3. The Balaban J connectivity index is 0.000000505. The van der Waals surface area contributed by atoms with Gasteiger partial charge in [0.2, 0.25) is 5.91 Å². The van der Waals surface area contributed by atoms with Gasteiger partial charge in [0.1, 0.15) is 5.75 Å². The van der Waals surface area contributed by atoms with Gasteiger partial charge in [-0.25, -0.2) is 9.59 Å². The molecular weight excluding hydrogens is 486 g/mol. The number of carboxylic acids is 2. The molecule has 5 rings (SSSR count). The number of rotatable bonds is 7. The van der Waals surface area contributed by atoms with E-state index in [4.69, 9.17) is 29.5 Å². The van der Waals surface area contributed by atoms with Crippen molar-refractivity contribution in [2.45, 2.75) is 38.5 Å². The number of nitrogens with zero attached hydrogens (tertiary/aromatic N) is 2. The molecule has 1 amide bonds. The maximum Gasteiger partial charge on any atom is 0.414 e. The second kappa shape index (κ2) is 13.0. The fraction of sp³-hybridized carbons (Fsp3) is 0.379.